The number of halogens is 4. The Hall–Kier alpha value is -2.80. The monoisotopic (exact) mass is 573 g/mol. The predicted octanol–water partition coefficient (Wildman–Crippen LogP) is 5.18. The average Bonchev–Trinajstić information content (AvgIpc) is 3.33. The van der Waals surface area contributed by atoms with E-state index in [-0.39, 0.29) is 40.7 Å². The molecule has 2 fully saturated rings. The first-order valence-electron chi connectivity index (χ1n) is 12.7. The number of rotatable bonds is 8. The first kappa shape index (κ1) is 30.7. The molecule has 1 saturated carbocycles. The Morgan fingerprint density at radius 3 is 2.49 bits per heavy atom. The zero-order valence-corrected chi connectivity index (χ0v) is 23.5. The molecule has 13 heteroatoms. The fourth-order valence-electron chi connectivity index (χ4n) is 4.34. The summed E-state index contributed by atoms with van der Waals surface area (Å²) in [6.07, 6.45) is 2.09. The van der Waals surface area contributed by atoms with Gasteiger partial charge in [0.1, 0.15) is 5.82 Å². The summed E-state index contributed by atoms with van der Waals surface area (Å²) < 4.78 is 52.4. The molecular formula is C26H35F4N5O3S. The minimum absolute atomic E-state index is 0.0583. The van der Waals surface area contributed by atoms with Crippen LogP contribution in [0.4, 0.5) is 23.4 Å². The number of carbonyl (C=O) groups excluding carboxylic acids is 2. The van der Waals surface area contributed by atoms with Gasteiger partial charge in [-0.15, -0.1) is 11.3 Å². The van der Waals surface area contributed by atoms with Crippen molar-refractivity contribution < 1.29 is 32.3 Å². The van der Waals surface area contributed by atoms with Crippen molar-refractivity contribution in [2.45, 2.75) is 89.8 Å². The molecule has 3 heterocycles. The average molecular weight is 574 g/mol. The van der Waals surface area contributed by atoms with Gasteiger partial charge in [0.15, 0.2) is 5.01 Å². The first-order chi connectivity index (χ1) is 18.0. The number of nitrogens with one attached hydrogen (secondary N) is 2. The third-order valence-electron chi connectivity index (χ3n) is 6.68. The van der Waals surface area contributed by atoms with E-state index < -0.39 is 30.4 Å². The van der Waals surface area contributed by atoms with E-state index >= 15 is 0 Å². The maximum absolute atomic E-state index is 13.8. The highest BCUT2D eigenvalue weighted by Gasteiger charge is 2.42. The number of amides is 2. The molecule has 1 aliphatic carbocycles. The van der Waals surface area contributed by atoms with Crippen LogP contribution in [0.1, 0.15) is 80.9 Å². The Morgan fingerprint density at radius 1 is 1.36 bits per heavy atom. The molecule has 2 aromatic heterocycles. The van der Waals surface area contributed by atoms with E-state index in [4.69, 9.17) is 0 Å². The Labute approximate surface area is 229 Å². The van der Waals surface area contributed by atoms with Crippen LogP contribution in [0.15, 0.2) is 12.3 Å². The van der Waals surface area contributed by atoms with Gasteiger partial charge in [0.2, 0.25) is 6.41 Å². The van der Waals surface area contributed by atoms with E-state index in [1.165, 1.54) is 12.3 Å². The van der Waals surface area contributed by atoms with Crippen molar-refractivity contribution in [3.8, 4) is 10.4 Å². The van der Waals surface area contributed by atoms with E-state index in [0.717, 1.165) is 35.5 Å². The van der Waals surface area contributed by atoms with Gasteiger partial charge in [0.25, 0.3) is 18.3 Å². The molecule has 1 unspecified atom stereocenters. The van der Waals surface area contributed by atoms with E-state index in [1.54, 1.807) is 27.7 Å². The van der Waals surface area contributed by atoms with Gasteiger partial charge in [-0.1, -0.05) is 0 Å². The number of aromatic nitrogens is 2. The molecule has 0 spiro atoms. The van der Waals surface area contributed by atoms with Crippen molar-refractivity contribution in [1.29, 1.82) is 0 Å². The molecule has 2 aromatic rings. The topological polar surface area (TPSA) is 107 Å². The lowest BCUT2D eigenvalue weighted by Gasteiger charge is -2.39. The van der Waals surface area contributed by atoms with Crippen molar-refractivity contribution >= 4 is 29.5 Å². The number of pyridine rings is 1. The number of thiazole rings is 1. The fraction of sp³-hybridized carbons (Fsp3) is 0.615. The van der Waals surface area contributed by atoms with Gasteiger partial charge < -0.3 is 20.6 Å². The van der Waals surface area contributed by atoms with E-state index in [1.807, 2.05) is 0 Å². The number of hydrogen-bond acceptors (Lipinski definition) is 7. The molecule has 2 aliphatic rings. The number of hydrogen-bond donors (Lipinski definition) is 3. The Morgan fingerprint density at radius 2 is 2.03 bits per heavy atom. The number of aryl methyl sites for hydroxylation is 1. The molecule has 1 aliphatic heterocycles. The summed E-state index contributed by atoms with van der Waals surface area (Å²) in [4.78, 5) is 32.6. The maximum atomic E-state index is 13.8. The molecule has 0 aromatic carbocycles. The van der Waals surface area contributed by atoms with Crippen LogP contribution in [0.3, 0.4) is 0 Å². The van der Waals surface area contributed by atoms with Crippen molar-refractivity contribution in [1.82, 2.24) is 20.2 Å². The summed E-state index contributed by atoms with van der Waals surface area (Å²) >= 11 is 1.04. The van der Waals surface area contributed by atoms with Gasteiger partial charge in [-0.3, -0.25) is 9.59 Å². The molecule has 1 atom stereocenters. The van der Waals surface area contributed by atoms with Gasteiger partial charge in [-0.05, 0) is 59.9 Å². The van der Waals surface area contributed by atoms with Crippen molar-refractivity contribution in [3.63, 3.8) is 0 Å². The largest absolute Gasteiger partial charge is 0.389 e. The SMILES string of the molecule is CC1CC(F)(F)CN1C=O.Cc1nc(C(=O)NCC(C)(C)O)sc1-c1cnc(NC2(C)CCC2)cc1C(F)F. The van der Waals surface area contributed by atoms with Gasteiger partial charge in [-0.25, -0.2) is 27.5 Å². The first-order valence-corrected chi connectivity index (χ1v) is 13.5. The third kappa shape index (κ3) is 8.10. The van der Waals surface area contributed by atoms with Crippen LogP contribution in [0, 0.1) is 6.92 Å². The fourth-order valence-corrected chi connectivity index (χ4v) is 5.36. The van der Waals surface area contributed by atoms with Crippen molar-refractivity contribution in [3.05, 3.63) is 28.5 Å². The number of likely N-dealkylation sites (tertiary alicyclic amines) is 1. The third-order valence-corrected chi connectivity index (χ3v) is 7.87. The normalized spacial score (nSPS) is 19.7. The Balaban J connectivity index is 0.000000353. The zero-order chi connectivity index (χ0) is 29.2. The zero-order valence-electron chi connectivity index (χ0n) is 22.7. The summed E-state index contributed by atoms with van der Waals surface area (Å²) in [5, 5.41) is 15.8. The summed E-state index contributed by atoms with van der Waals surface area (Å²) in [6, 6.07) is 1.07. The van der Waals surface area contributed by atoms with E-state index in [2.05, 4.69) is 27.5 Å². The molecule has 216 valence electrons. The van der Waals surface area contributed by atoms with Crippen molar-refractivity contribution in [2.24, 2.45) is 0 Å². The van der Waals surface area contributed by atoms with E-state index in [0.29, 0.717) is 22.8 Å². The lowest BCUT2D eigenvalue weighted by atomic mass is 9.78. The highest BCUT2D eigenvalue weighted by molar-refractivity contribution is 7.17. The second-order valence-electron chi connectivity index (χ2n) is 11.1. The van der Waals surface area contributed by atoms with Crippen molar-refractivity contribution in [2.75, 3.05) is 18.4 Å². The summed E-state index contributed by atoms with van der Waals surface area (Å²) in [5.74, 6) is -2.69. The number of nitrogens with zero attached hydrogens (tertiary/aromatic N) is 3. The standard InChI is InChI=1S/C20H26F2N4O2S.C6H9F2NO/c1-11-15(29-18(25-11)17(27)24-10-19(2,3)28)13-9-23-14(8-12(13)16(21)22)26-20(4)6-5-7-20;1-5-2-6(7,8)3-9(5)4-10/h8-9,16,28H,5-7,10H2,1-4H3,(H,23,26)(H,24,27);4-5H,2-3H2,1H3. The quantitative estimate of drug-likeness (QED) is 0.297. The molecule has 1 saturated heterocycles. The second kappa shape index (κ2) is 11.7. The van der Waals surface area contributed by atoms with Gasteiger partial charge in [0, 0.05) is 41.9 Å². The van der Waals surface area contributed by atoms with E-state index in [9.17, 15) is 32.3 Å². The van der Waals surface area contributed by atoms with Crippen LogP contribution in [0.2, 0.25) is 0 Å². The minimum Gasteiger partial charge on any atom is -0.389 e. The maximum Gasteiger partial charge on any atom is 0.280 e. The minimum atomic E-state index is -2.68. The lowest BCUT2D eigenvalue weighted by Crippen LogP contribution is -2.41. The highest BCUT2D eigenvalue weighted by Crippen LogP contribution is 2.39. The summed E-state index contributed by atoms with van der Waals surface area (Å²) in [6.45, 7) is 8.14. The van der Waals surface area contributed by atoms with Crippen LogP contribution >= 0.6 is 11.3 Å². The summed E-state index contributed by atoms with van der Waals surface area (Å²) in [5.41, 5.74) is -0.530. The number of carbonyl (C=O) groups is 2. The predicted molar refractivity (Wildman–Crippen MR) is 141 cm³/mol. The number of anilines is 1. The molecule has 3 N–H and O–H groups in total. The Kier molecular flexibility index (Phi) is 9.26. The molecule has 2 amide bonds. The highest BCUT2D eigenvalue weighted by atomic mass is 32.1. The van der Waals surface area contributed by atoms with Crippen LogP contribution in [-0.4, -0.2) is 68.5 Å². The second-order valence-corrected chi connectivity index (χ2v) is 12.1. The smallest absolute Gasteiger partial charge is 0.280 e. The van der Waals surface area contributed by atoms with Crippen LogP contribution in [-0.2, 0) is 4.79 Å². The van der Waals surface area contributed by atoms with Crippen LogP contribution in [0.25, 0.3) is 10.4 Å². The molecule has 0 bridgehead atoms. The molecule has 4 rings (SSSR count). The van der Waals surface area contributed by atoms with Gasteiger partial charge >= 0.3 is 0 Å². The molecular weight excluding hydrogens is 538 g/mol. The number of aliphatic hydroxyl groups is 1. The molecule has 0 radical (unpaired) electrons. The summed E-state index contributed by atoms with van der Waals surface area (Å²) in [7, 11) is 0. The molecule has 39 heavy (non-hydrogen) atoms. The lowest BCUT2D eigenvalue weighted by molar-refractivity contribution is -0.119. The van der Waals surface area contributed by atoms with Crippen LogP contribution < -0.4 is 10.6 Å². The number of alkyl halides is 4. The van der Waals surface area contributed by atoms with Gasteiger partial charge in [0.05, 0.1) is 22.7 Å². The van der Waals surface area contributed by atoms with Gasteiger partial charge in [-0.2, -0.15) is 0 Å². The Bertz CT molecular complexity index is 1180. The van der Waals surface area contributed by atoms with Crippen LogP contribution in [0.5, 0.6) is 0 Å². The molecule has 8 nitrogen and oxygen atoms in total.